The van der Waals surface area contributed by atoms with Gasteiger partial charge in [-0.2, -0.15) is 0 Å². The van der Waals surface area contributed by atoms with Crippen LogP contribution in [-0.4, -0.2) is 21.5 Å². The van der Waals surface area contributed by atoms with E-state index >= 15 is 0 Å². The average Bonchev–Trinajstić information content (AvgIpc) is 2.98. The molecule has 0 amide bonds. The number of anilines is 1. The Bertz CT molecular complexity index is 524. The van der Waals surface area contributed by atoms with Crippen molar-refractivity contribution in [3.8, 4) is 0 Å². The molecule has 0 aliphatic heterocycles. The van der Waals surface area contributed by atoms with E-state index in [9.17, 15) is 0 Å². The summed E-state index contributed by atoms with van der Waals surface area (Å²) in [4.78, 5) is 11.7. The minimum atomic E-state index is 0.789. The molecule has 108 valence electrons. The van der Waals surface area contributed by atoms with Crippen LogP contribution in [0, 0.1) is 5.92 Å². The number of rotatable bonds is 3. The molecule has 0 atom stereocenters. The maximum atomic E-state index is 4.38. The Morgan fingerprint density at radius 1 is 1.05 bits per heavy atom. The molecular weight excluding hydrogens is 248 g/mol. The first-order valence-electron chi connectivity index (χ1n) is 7.95. The minimum absolute atomic E-state index is 0.789. The van der Waals surface area contributed by atoms with Crippen molar-refractivity contribution in [1.29, 1.82) is 0 Å². The third-order valence-corrected chi connectivity index (χ3v) is 4.39. The number of nitrogens with one attached hydrogen (secondary N) is 2. The zero-order valence-corrected chi connectivity index (χ0v) is 12.1. The van der Waals surface area contributed by atoms with Crippen LogP contribution in [0.1, 0.15) is 51.4 Å². The number of H-pyrrole nitrogens is 1. The van der Waals surface area contributed by atoms with Gasteiger partial charge in [-0.3, -0.25) is 0 Å². The molecule has 2 N–H and O–H groups in total. The third-order valence-electron chi connectivity index (χ3n) is 4.39. The second kappa shape index (κ2) is 6.73. The largest absolute Gasteiger partial charge is 0.369 e. The quantitative estimate of drug-likeness (QED) is 0.883. The van der Waals surface area contributed by atoms with E-state index in [1.165, 1.54) is 51.4 Å². The van der Waals surface area contributed by atoms with Gasteiger partial charge in [0.25, 0.3) is 0 Å². The van der Waals surface area contributed by atoms with Crippen molar-refractivity contribution in [3.05, 3.63) is 18.6 Å². The number of nitrogens with zero attached hydrogens (tertiary/aromatic N) is 2. The van der Waals surface area contributed by atoms with Crippen molar-refractivity contribution in [2.75, 3.05) is 11.9 Å². The third kappa shape index (κ3) is 3.30. The smallest absolute Gasteiger partial charge is 0.142 e. The molecule has 1 aliphatic rings. The van der Waals surface area contributed by atoms with Crippen LogP contribution in [-0.2, 0) is 0 Å². The predicted octanol–water partition coefficient (Wildman–Crippen LogP) is 4.12. The fraction of sp³-hybridized carbons (Fsp3) is 0.625. The molecule has 0 radical (unpaired) electrons. The zero-order valence-electron chi connectivity index (χ0n) is 12.1. The van der Waals surface area contributed by atoms with E-state index in [1.807, 2.05) is 12.3 Å². The van der Waals surface area contributed by atoms with E-state index < -0.39 is 0 Å². The summed E-state index contributed by atoms with van der Waals surface area (Å²) in [5.41, 5.74) is 0.914. The number of hydrogen-bond acceptors (Lipinski definition) is 3. The summed E-state index contributed by atoms with van der Waals surface area (Å²) >= 11 is 0. The normalized spacial score (nSPS) is 18.4. The van der Waals surface area contributed by atoms with Gasteiger partial charge in [-0.15, -0.1) is 0 Å². The van der Waals surface area contributed by atoms with Crippen LogP contribution in [0.15, 0.2) is 18.6 Å². The molecule has 1 saturated carbocycles. The Morgan fingerprint density at radius 3 is 2.60 bits per heavy atom. The molecule has 0 bridgehead atoms. The van der Waals surface area contributed by atoms with Gasteiger partial charge in [0.05, 0.1) is 5.39 Å². The molecule has 4 nitrogen and oxygen atoms in total. The van der Waals surface area contributed by atoms with Crippen molar-refractivity contribution in [1.82, 2.24) is 15.0 Å². The molecule has 2 aromatic rings. The van der Waals surface area contributed by atoms with E-state index in [4.69, 9.17) is 0 Å². The van der Waals surface area contributed by atoms with Gasteiger partial charge in [0.2, 0.25) is 0 Å². The summed E-state index contributed by atoms with van der Waals surface area (Å²) in [6.45, 7) is 1.04. The van der Waals surface area contributed by atoms with Crippen molar-refractivity contribution in [3.63, 3.8) is 0 Å². The first-order valence-corrected chi connectivity index (χ1v) is 7.95. The fourth-order valence-electron chi connectivity index (χ4n) is 3.18. The summed E-state index contributed by atoms with van der Waals surface area (Å²) in [7, 11) is 0. The van der Waals surface area contributed by atoms with Gasteiger partial charge >= 0.3 is 0 Å². The second-order valence-electron chi connectivity index (χ2n) is 5.91. The van der Waals surface area contributed by atoms with E-state index in [1.54, 1.807) is 6.33 Å². The number of fused-ring (bicyclic) bond motifs is 1. The minimum Gasteiger partial charge on any atom is -0.369 e. The van der Waals surface area contributed by atoms with Crippen LogP contribution < -0.4 is 5.32 Å². The standard InChI is InChI=1S/C16H24N4/c1-2-4-6-8-13(7-5-3-1)11-18-16-14-9-10-17-15(14)19-12-20-16/h9-10,12-13H,1-8,11H2,(H2,17,18,19,20). The molecule has 2 aromatic heterocycles. The molecule has 2 heterocycles. The summed E-state index contributed by atoms with van der Waals surface area (Å²) in [6.07, 6.45) is 14.7. The Balaban J connectivity index is 1.61. The highest BCUT2D eigenvalue weighted by molar-refractivity contribution is 5.86. The van der Waals surface area contributed by atoms with Crippen molar-refractivity contribution < 1.29 is 0 Å². The van der Waals surface area contributed by atoms with Crippen molar-refractivity contribution in [2.24, 2.45) is 5.92 Å². The van der Waals surface area contributed by atoms with Gasteiger partial charge in [-0.05, 0) is 24.8 Å². The lowest BCUT2D eigenvalue weighted by atomic mass is 9.97. The first-order chi connectivity index (χ1) is 9.93. The lowest BCUT2D eigenvalue weighted by Crippen LogP contribution is -2.15. The lowest BCUT2D eigenvalue weighted by molar-refractivity contribution is 0.447. The molecule has 1 fully saturated rings. The molecular formula is C16H24N4. The summed E-state index contributed by atoms with van der Waals surface area (Å²) in [5.74, 6) is 1.76. The molecule has 20 heavy (non-hydrogen) atoms. The van der Waals surface area contributed by atoms with E-state index in [-0.39, 0.29) is 0 Å². The van der Waals surface area contributed by atoms with Crippen molar-refractivity contribution >= 4 is 16.9 Å². The van der Waals surface area contributed by atoms with Gasteiger partial charge in [0, 0.05) is 12.7 Å². The maximum absolute atomic E-state index is 4.38. The fourth-order valence-corrected chi connectivity index (χ4v) is 3.18. The Kier molecular flexibility index (Phi) is 4.51. The van der Waals surface area contributed by atoms with Crippen LogP contribution in [0.4, 0.5) is 5.82 Å². The van der Waals surface area contributed by atoms with E-state index in [0.717, 1.165) is 29.3 Å². The van der Waals surface area contributed by atoms with Gasteiger partial charge in [-0.25, -0.2) is 9.97 Å². The Hall–Kier alpha value is -1.58. The zero-order chi connectivity index (χ0) is 13.6. The first kappa shape index (κ1) is 13.4. The van der Waals surface area contributed by atoms with Crippen LogP contribution in [0.25, 0.3) is 11.0 Å². The lowest BCUT2D eigenvalue weighted by Gasteiger charge is -2.17. The molecule has 1 aliphatic carbocycles. The number of aromatic amines is 1. The van der Waals surface area contributed by atoms with Gasteiger partial charge in [-0.1, -0.05) is 38.5 Å². The summed E-state index contributed by atoms with van der Waals surface area (Å²) < 4.78 is 0. The highest BCUT2D eigenvalue weighted by atomic mass is 15.0. The molecule has 4 heteroatoms. The van der Waals surface area contributed by atoms with E-state index in [2.05, 4.69) is 20.3 Å². The van der Waals surface area contributed by atoms with Gasteiger partial charge < -0.3 is 10.3 Å². The van der Waals surface area contributed by atoms with Crippen LogP contribution in [0.2, 0.25) is 0 Å². The Morgan fingerprint density at radius 2 is 1.80 bits per heavy atom. The van der Waals surface area contributed by atoms with Gasteiger partial charge in [0.1, 0.15) is 17.8 Å². The number of aromatic nitrogens is 3. The highest BCUT2D eigenvalue weighted by Gasteiger charge is 2.12. The topological polar surface area (TPSA) is 53.6 Å². The van der Waals surface area contributed by atoms with Crippen LogP contribution >= 0.6 is 0 Å². The van der Waals surface area contributed by atoms with Crippen LogP contribution in [0.5, 0.6) is 0 Å². The Labute approximate surface area is 120 Å². The molecule has 0 aromatic carbocycles. The maximum Gasteiger partial charge on any atom is 0.142 e. The second-order valence-corrected chi connectivity index (χ2v) is 5.91. The van der Waals surface area contributed by atoms with Crippen molar-refractivity contribution in [2.45, 2.75) is 51.4 Å². The number of hydrogen-bond donors (Lipinski definition) is 2. The highest BCUT2D eigenvalue weighted by Crippen LogP contribution is 2.23. The van der Waals surface area contributed by atoms with Crippen LogP contribution in [0.3, 0.4) is 0 Å². The molecule has 0 unspecified atom stereocenters. The monoisotopic (exact) mass is 272 g/mol. The molecule has 0 spiro atoms. The van der Waals surface area contributed by atoms with E-state index in [0.29, 0.717) is 0 Å². The summed E-state index contributed by atoms with van der Waals surface area (Å²) in [5, 5.41) is 4.63. The average molecular weight is 272 g/mol. The molecule has 0 saturated heterocycles. The predicted molar refractivity (Wildman–Crippen MR) is 82.8 cm³/mol. The molecule has 3 rings (SSSR count). The summed E-state index contributed by atoms with van der Waals surface area (Å²) in [6, 6.07) is 2.04. The SMILES string of the molecule is c1nc(NCC2CCCCCCCC2)c2cc[nH]c2n1. The van der Waals surface area contributed by atoms with Gasteiger partial charge in [0.15, 0.2) is 0 Å².